The molecule has 172 valence electrons. The quantitative estimate of drug-likeness (QED) is 0.265. The first-order chi connectivity index (χ1) is 13.6. The molecule has 0 aromatic heterocycles. The lowest BCUT2D eigenvalue weighted by Gasteiger charge is -2.40. The third-order valence-electron chi connectivity index (χ3n) is 5.26. The van der Waals surface area contributed by atoms with Crippen LogP contribution in [-0.2, 0) is 0 Å². The summed E-state index contributed by atoms with van der Waals surface area (Å²) in [5, 5.41) is 3.11. The monoisotopic (exact) mass is 549 g/mol. The standard InChI is InChI=1S/C19H28F5N5.HI/c1-13(19(22,23)24)28-8-10-29(11-9-28)18(25-2)26-12-16(27(3)4)17-14(20)6-5-7-15(17)21;/h5-7,13,16H,8-12H2,1-4H3,(H,25,26);1H. The number of nitrogens with zero attached hydrogens (tertiary/aromatic N) is 4. The molecule has 1 aliphatic rings. The minimum absolute atomic E-state index is 0. The van der Waals surface area contributed by atoms with Gasteiger partial charge in [-0.25, -0.2) is 8.78 Å². The summed E-state index contributed by atoms with van der Waals surface area (Å²) in [5.41, 5.74) is -0.0377. The van der Waals surface area contributed by atoms with Gasteiger partial charge < -0.3 is 15.1 Å². The molecular formula is C19H29F5IN5. The van der Waals surface area contributed by atoms with Gasteiger partial charge in [0, 0.05) is 45.3 Å². The fourth-order valence-electron chi connectivity index (χ4n) is 3.42. The summed E-state index contributed by atoms with van der Waals surface area (Å²) in [5.74, 6) is -0.765. The first-order valence-corrected chi connectivity index (χ1v) is 9.43. The van der Waals surface area contributed by atoms with Gasteiger partial charge in [-0.2, -0.15) is 13.2 Å². The van der Waals surface area contributed by atoms with Crippen molar-refractivity contribution in [2.45, 2.75) is 25.2 Å². The zero-order chi connectivity index (χ0) is 21.8. The van der Waals surface area contributed by atoms with Gasteiger partial charge in [0.05, 0.1) is 6.04 Å². The normalized spacial score (nSPS) is 18.2. The lowest BCUT2D eigenvalue weighted by molar-refractivity contribution is -0.181. The predicted molar refractivity (Wildman–Crippen MR) is 118 cm³/mol. The molecule has 5 nitrogen and oxygen atoms in total. The number of aliphatic imine (C=N–C) groups is 1. The number of likely N-dealkylation sites (N-methyl/N-ethyl adjacent to an activating group) is 1. The van der Waals surface area contributed by atoms with Crippen LogP contribution < -0.4 is 5.32 Å². The molecular weight excluding hydrogens is 520 g/mol. The van der Waals surface area contributed by atoms with Crippen LogP contribution >= 0.6 is 24.0 Å². The highest BCUT2D eigenvalue weighted by molar-refractivity contribution is 14.0. The fraction of sp³-hybridized carbons (Fsp3) is 0.632. The van der Waals surface area contributed by atoms with Crippen molar-refractivity contribution in [3.05, 3.63) is 35.4 Å². The van der Waals surface area contributed by atoms with Crippen molar-refractivity contribution in [2.75, 3.05) is 53.9 Å². The molecule has 0 aliphatic carbocycles. The molecule has 1 fully saturated rings. The van der Waals surface area contributed by atoms with E-state index in [1.165, 1.54) is 23.1 Å². The molecule has 1 saturated heterocycles. The van der Waals surface area contributed by atoms with Crippen molar-refractivity contribution in [1.82, 2.24) is 20.0 Å². The Balaban J connectivity index is 0.00000450. The first-order valence-electron chi connectivity index (χ1n) is 9.43. The van der Waals surface area contributed by atoms with Crippen LogP contribution in [0.4, 0.5) is 22.0 Å². The van der Waals surface area contributed by atoms with E-state index in [9.17, 15) is 22.0 Å². The second-order valence-corrected chi connectivity index (χ2v) is 7.28. The van der Waals surface area contributed by atoms with Gasteiger partial charge in [0.2, 0.25) is 0 Å². The van der Waals surface area contributed by atoms with Crippen LogP contribution in [0.25, 0.3) is 0 Å². The largest absolute Gasteiger partial charge is 0.403 e. The average Bonchev–Trinajstić information content (AvgIpc) is 2.65. The van der Waals surface area contributed by atoms with Crippen LogP contribution in [0.5, 0.6) is 0 Å². The van der Waals surface area contributed by atoms with Crippen molar-refractivity contribution >= 4 is 29.9 Å². The zero-order valence-corrected chi connectivity index (χ0v) is 19.8. The third kappa shape index (κ3) is 6.64. The minimum atomic E-state index is -4.26. The summed E-state index contributed by atoms with van der Waals surface area (Å²) in [6.45, 7) is 2.60. The second-order valence-electron chi connectivity index (χ2n) is 7.28. The van der Waals surface area contributed by atoms with E-state index in [4.69, 9.17) is 0 Å². The first kappa shape index (κ1) is 26.8. The van der Waals surface area contributed by atoms with Crippen LogP contribution in [0.15, 0.2) is 23.2 Å². The molecule has 2 unspecified atom stereocenters. The van der Waals surface area contributed by atoms with Gasteiger partial charge in [-0.05, 0) is 33.2 Å². The highest BCUT2D eigenvalue weighted by Crippen LogP contribution is 2.26. The SMILES string of the molecule is CN=C(NCC(c1c(F)cccc1F)N(C)C)N1CCN(C(C)C(F)(F)F)CC1.I. The maximum Gasteiger partial charge on any atom is 0.403 e. The number of guanidine groups is 1. The molecule has 0 spiro atoms. The highest BCUT2D eigenvalue weighted by Gasteiger charge is 2.41. The minimum Gasteiger partial charge on any atom is -0.354 e. The Morgan fingerprint density at radius 1 is 1.13 bits per heavy atom. The number of nitrogens with one attached hydrogen (secondary N) is 1. The predicted octanol–water partition coefficient (Wildman–Crippen LogP) is 3.33. The van der Waals surface area contributed by atoms with Crippen LogP contribution in [0.1, 0.15) is 18.5 Å². The zero-order valence-electron chi connectivity index (χ0n) is 17.5. The number of hydrogen-bond acceptors (Lipinski definition) is 3. The van der Waals surface area contributed by atoms with E-state index < -0.39 is 29.9 Å². The van der Waals surface area contributed by atoms with E-state index in [0.29, 0.717) is 19.0 Å². The summed E-state index contributed by atoms with van der Waals surface area (Å²) in [6, 6.07) is 1.66. The van der Waals surface area contributed by atoms with Gasteiger partial charge in [-0.3, -0.25) is 9.89 Å². The van der Waals surface area contributed by atoms with E-state index in [2.05, 4.69) is 10.3 Å². The fourth-order valence-corrected chi connectivity index (χ4v) is 3.42. The number of halogens is 6. The molecule has 0 saturated carbocycles. The average molecular weight is 549 g/mol. The second kappa shape index (κ2) is 11.4. The molecule has 2 atom stereocenters. The van der Waals surface area contributed by atoms with Gasteiger partial charge in [-0.15, -0.1) is 24.0 Å². The number of rotatable bonds is 5. The molecule has 1 N–H and O–H groups in total. The summed E-state index contributed by atoms with van der Waals surface area (Å²) in [4.78, 5) is 9.13. The number of alkyl halides is 3. The van der Waals surface area contributed by atoms with E-state index in [-0.39, 0.29) is 49.2 Å². The third-order valence-corrected chi connectivity index (χ3v) is 5.26. The van der Waals surface area contributed by atoms with Crippen molar-refractivity contribution in [1.29, 1.82) is 0 Å². The van der Waals surface area contributed by atoms with Gasteiger partial charge >= 0.3 is 6.18 Å². The maximum atomic E-state index is 14.2. The summed E-state index contributed by atoms with van der Waals surface area (Å²) in [6.07, 6.45) is -4.26. The Labute approximate surface area is 191 Å². The van der Waals surface area contributed by atoms with Crippen LogP contribution in [0, 0.1) is 11.6 Å². The van der Waals surface area contributed by atoms with Crippen LogP contribution in [0.2, 0.25) is 0 Å². The van der Waals surface area contributed by atoms with E-state index >= 15 is 0 Å². The number of hydrogen-bond donors (Lipinski definition) is 1. The smallest absolute Gasteiger partial charge is 0.354 e. The molecule has 0 amide bonds. The lowest BCUT2D eigenvalue weighted by atomic mass is 10.0. The van der Waals surface area contributed by atoms with Gasteiger partial charge in [0.1, 0.15) is 17.7 Å². The molecule has 1 aromatic rings. The molecule has 1 aliphatic heterocycles. The van der Waals surface area contributed by atoms with Crippen molar-refractivity contribution in [3.8, 4) is 0 Å². The Morgan fingerprint density at radius 2 is 1.67 bits per heavy atom. The van der Waals surface area contributed by atoms with E-state index in [1.807, 2.05) is 4.90 Å². The summed E-state index contributed by atoms with van der Waals surface area (Å²) in [7, 11) is 5.01. The molecule has 0 radical (unpaired) electrons. The van der Waals surface area contributed by atoms with E-state index in [0.717, 1.165) is 6.92 Å². The topological polar surface area (TPSA) is 34.1 Å². The van der Waals surface area contributed by atoms with Crippen molar-refractivity contribution < 1.29 is 22.0 Å². The van der Waals surface area contributed by atoms with Crippen LogP contribution in [0.3, 0.4) is 0 Å². The molecule has 1 heterocycles. The molecule has 2 rings (SSSR count). The Kier molecular flexibility index (Phi) is 10.2. The summed E-state index contributed by atoms with van der Waals surface area (Å²) < 4.78 is 67.1. The highest BCUT2D eigenvalue weighted by atomic mass is 127. The van der Waals surface area contributed by atoms with Gasteiger partial charge in [0.15, 0.2) is 5.96 Å². The summed E-state index contributed by atoms with van der Waals surface area (Å²) >= 11 is 0. The lowest BCUT2D eigenvalue weighted by Crippen LogP contribution is -2.57. The molecule has 0 bridgehead atoms. The van der Waals surface area contributed by atoms with Gasteiger partial charge in [-0.1, -0.05) is 6.07 Å². The Hall–Kier alpha value is -1.21. The number of piperazine rings is 1. The van der Waals surface area contributed by atoms with Gasteiger partial charge in [0.25, 0.3) is 0 Å². The number of benzene rings is 1. The molecule has 30 heavy (non-hydrogen) atoms. The van der Waals surface area contributed by atoms with Crippen molar-refractivity contribution in [2.24, 2.45) is 4.99 Å². The molecule has 1 aromatic carbocycles. The van der Waals surface area contributed by atoms with Crippen molar-refractivity contribution in [3.63, 3.8) is 0 Å². The van der Waals surface area contributed by atoms with E-state index in [1.54, 1.807) is 26.0 Å². The Bertz CT molecular complexity index is 685. The van der Waals surface area contributed by atoms with Crippen LogP contribution in [-0.4, -0.2) is 86.7 Å². The Morgan fingerprint density at radius 3 is 2.10 bits per heavy atom. The molecule has 11 heteroatoms. The maximum absolute atomic E-state index is 14.2.